The third kappa shape index (κ3) is 8.73. The summed E-state index contributed by atoms with van der Waals surface area (Å²) in [6.45, 7) is 4.66. The standard InChI is InChI=1S/C34H40N8O6S/c1-3-37-40-17-15-28(16-18-40)48-27-12-10-26(11-13-27)42(49(46,47)22-33(44)45)20-31-39-29-19-25(34(35)36)9-14-30(29)41(31)21-32(43)38-23(2)24-7-5-4-6-8-24/h3-14,19,23,28H,15-18,20-22H2,1-2H3,(H3,35,36)(H,38,43)(H,44,45)/b37-3+/t23-/m0/s1. The van der Waals surface area contributed by atoms with Crippen molar-refractivity contribution in [2.24, 2.45) is 10.8 Å². The number of carbonyl (C=O) groups excluding carboxylic acids is 1. The predicted octanol–water partition coefficient (Wildman–Crippen LogP) is 3.47. The first-order chi connectivity index (χ1) is 23.4. The molecule has 15 heteroatoms. The van der Waals surface area contributed by atoms with E-state index in [2.05, 4.69) is 15.4 Å². The number of anilines is 1. The van der Waals surface area contributed by atoms with Crippen LogP contribution in [0.2, 0.25) is 0 Å². The van der Waals surface area contributed by atoms with Gasteiger partial charge in [0.25, 0.3) is 0 Å². The first kappa shape index (κ1) is 34.9. The number of hydrazone groups is 1. The van der Waals surface area contributed by atoms with Crippen molar-refractivity contribution in [3.63, 3.8) is 0 Å². The van der Waals surface area contributed by atoms with Gasteiger partial charge in [-0.25, -0.2) is 13.4 Å². The second-order valence-corrected chi connectivity index (χ2v) is 13.6. The summed E-state index contributed by atoms with van der Waals surface area (Å²) < 4.78 is 35.8. The third-order valence-corrected chi connectivity index (χ3v) is 9.79. The summed E-state index contributed by atoms with van der Waals surface area (Å²) in [5, 5.41) is 26.6. The number of hydrogen-bond donors (Lipinski definition) is 4. The van der Waals surface area contributed by atoms with E-state index in [9.17, 15) is 23.1 Å². The summed E-state index contributed by atoms with van der Waals surface area (Å²) in [5.41, 5.74) is 8.13. The zero-order valence-corrected chi connectivity index (χ0v) is 28.1. The molecule has 14 nitrogen and oxygen atoms in total. The Bertz CT molecular complexity index is 1940. The molecule has 258 valence electrons. The Kier molecular flexibility index (Phi) is 10.8. The quantitative estimate of drug-likeness (QED) is 0.113. The van der Waals surface area contributed by atoms with Crippen LogP contribution in [0.4, 0.5) is 5.69 Å². The van der Waals surface area contributed by atoms with E-state index in [1.54, 1.807) is 53.2 Å². The van der Waals surface area contributed by atoms with Gasteiger partial charge in [-0.15, -0.1) is 0 Å². The molecular formula is C34H40N8O6S. The average molecular weight is 689 g/mol. The molecule has 1 amide bonds. The van der Waals surface area contributed by atoms with Gasteiger partial charge in [-0.05, 0) is 61.9 Å². The van der Waals surface area contributed by atoms with Crippen LogP contribution in [0.1, 0.15) is 49.7 Å². The lowest BCUT2D eigenvalue weighted by atomic mass is 10.1. The Balaban J connectivity index is 1.45. The first-order valence-electron chi connectivity index (χ1n) is 15.8. The molecule has 1 saturated heterocycles. The van der Waals surface area contributed by atoms with Crippen molar-refractivity contribution in [1.82, 2.24) is 19.9 Å². The smallest absolute Gasteiger partial charge is 0.320 e. The molecule has 0 unspecified atom stereocenters. The summed E-state index contributed by atoms with van der Waals surface area (Å²) in [6.07, 6.45) is 3.27. The molecule has 3 aromatic carbocycles. The molecule has 1 aromatic heterocycles. The summed E-state index contributed by atoms with van der Waals surface area (Å²) in [4.78, 5) is 29.7. The summed E-state index contributed by atoms with van der Waals surface area (Å²) in [7, 11) is -4.42. The number of nitrogens with two attached hydrogens (primary N) is 1. The Hall–Kier alpha value is -5.44. The third-order valence-electron chi connectivity index (χ3n) is 8.17. The highest BCUT2D eigenvalue weighted by atomic mass is 32.2. The van der Waals surface area contributed by atoms with Gasteiger partial charge in [0.05, 0.1) is 29.3 Å². The number of rotatable bonds is 14. The van der Waals surface area contributed by atoms with Crippen molar-refractivity contribution < 1.29 is 27.9 Å². The maximum Gasteiger partial charge on any atom is 0.320 e. The molecule has 2 heterocycles. The van der Waals surface area contributed by atoms with Crippen LogP contribution >= 0.6 is 0 Å². The van der Waals surface area contributed by atoms with Crippen LogP contribution in [-0.2, 0) is 32.7 Å². The molecule has 0 aliphatic carbocycles. The van der Waals surface area contributed by atoms with Crippen molar-refractivity contribution in [2.75, 3.05) is 23.1 Å². The maximum absolute atomic E-state index is 13.6. The molecule has 1 fully saturated rings. The maximum atomic E-state index is 13.6. The van der Waals surface area contributed by atoms with Gasteiger partial charge in [-0.1, -0.05) is 30.3 Å². The second-order valence-electron chi connectivity index (χ2n) is 11.7. The Morgan fingerprint density at radius 1 is 1.14 bits per heavy atom. The fraction of sp³-hybridized carbons (Fsp3) is 0.324. The zero-order valence-electron chi connectivity index (χ0n) is 27.3. The van der Waals surface area contributed by atoms with Crippen molar-refractivity contribution in [1.29, 1.82) is 5.41 Å². The highest BCUT2D eigenvalue weighted by Gasteiger charge is 2.29. The summed E-state index contributed by atoms with van der Waals surface area (Å²) in [5.74, 6) is -2.47. The number of imidazole rings is 1. The minimum atomic E-state index is -4.42. The van der Waals surface area contributed by atoms with E-state index in [1.165, 1.54) is 0 Å². The first-order valence-corrected chi connectivity index (χ1v) is 17.4. The van der Waals surface area contributed by atoms with Gasteiger partial charge < -0.3 is 25.5 Å². The highest BCUT2D eigenvalue weighted by molar-refractivity contribution is 7.93. The Labute approximate surface area is 284 Å². The number of carbonyl (C=O) groups is 2. The number of aromatic nitrogens is 2. The van der Waals surface area contributed by atoms with Crippen molar-refractivity contribution in [3.05, 3.63) is 89.7 Å². The minimum absolute atomic E-state index is 0.0310. The van der Waals surface area contributed by atoms with Gasteiger partial charge in [-0.3, -0.25) is 24.3 Å². The number of amidine groups is 1. The van der Waals surface area contributed by atoms with Crippen LogP contribution < -0.4 is 20.1 Å². The number of hydrogen-bond acceptors (Lipinski definition) is 9. The number of nitrogens with one attached hydrogen (secondary N) is 2. The van der Waals surface area contributed by atoms with Crippen LogP contribution in [0.25, 0.3) is 11.0 Å². The number of carboxylic acids is 1. The molecule has 0 spiro atoms. The molecule has 1 aliphatic rings. The SMILES string of the molecule is C/C=N/N1CCC(Oc2ccc(N(Cc3nc4cc(C(=N)N)ccc4n3CC(=O)N[C@@H](C)c3ccccc3)S(=O)(=O)CC(=O)O)cc2)CC1. The monoisotopic (exact) mass is 688 g/mol. The summed E-state index contributed by atoms with van der Waals surface area (Å²) >= 11 is 0. The van der Waals surface area contributed by atoms with Crippen LogP contribution in [0.3, 0.4) is 0 Å². The van der Waals surface area contributed by atoms with Crippen LogP contribution in [0.15, 0.2) is 77.9 Å². The molecule has 5 rings (SSSR count). The largest absolute Gasteiger partial charge is 0.490 e. The van der Waals surface area contributed by atoms with Gasteiger partial charge >= 0.3 is 5.97 Å². The lowest BCUT2D eigenvalue weighted by Crippen LogP contribution is -2.37. The number of ether oxygens (including phenoxy) is 1. The molecule has 0 saturated carbocycles. The van der Waals surface area contributed by atoms with E-state index in [-0.39, 0.29) is 48.5 Å². The molecule has 0 bridgehead atoms. The number of nitrogen functional groups attached to an aromatic ring is 1. The highest BCUT2D eigenvalue weighted by Crippen LogP contribution is 2.28. The number of nitrogens with zero attached hydrogens (tertiary/aromatic N) is 5. The number of amides is 1. The van der Waals surface area contributed by atoms with Crippen molar-refractivity contribution >= 4 is 50.7 Å². The lowest BCUT2D eigenvalue weighted by molar-refractivity contribution is -0.134. The van der Waals surface area contributed by atoms with E-state index >= 15 is 0 Å². The molecule has 1 atom stereocenters. The van der Waals surface area contributed by atoms with E-state index in [0.717, 1.165) is 35.8 Å². The van der Waals surface area contributed by atoms with Gasteiger partial charge in [0, 0.05) is 37.7 Å². The fourth-order valence-electron chi connectivity index (χ4n) is 5.73. The van der Waals surface area contributed by atoms with Gasteiger partial charge in [0.15, 0.2) is 5.75 Å². The predicted molar refractivity (Wildman–Crippen MR) is 187 cm³/mol. The Morgan fingerprint density at radius 2 is 1.84 bits per heavy atom. The van der Waals surface area contributed by atoms with Gasteiger partial charge in [-0.2, -0.15) is 5.10 Å². The number of aliphatic carboxylic acids is 1. The molecule has 1 aliphatic heterocycles. The van der Waals surface area contributed by atoms with E-state index in [1.807, 2.05) is 49.2 Å². The zero-order chi connectivity index (χ0) is 35.1. The number of carboxylic acid groups (broad SMARTS) is 1. The minimum Gasteiger partial charge on any atom is -0.490 e. The molecular weight excluding hydrogens is 648 g/mol. The summed E-state index contributed by atoms with van der Waals surface area (Å²) in [6, 6.07) is 20.4. The molecule has 49 heavy (non-hydrogen) atoms. The van der Waals surface area contributed by atoms with Gasteiger partial charge in [0.1, 0.15) is 30.1 Å². The van der Waals surface area contributed by atoms with E-state index in [4.69, 9.17) is 15.9 Å². The van der Waals surface area contributed by atoms with E-state index < -0.39 is 21.7 Å². The molecule has 4 aromatic rings. The van der Waals surface area contributed by atoms with Crippen LogP contribution in [-0.4, -0.2) is 77.0 Å². The second kappa shape index (κ2) is 15.2. The van der Waals surface area contributed by atoms with E-state index in [0.29, 0.717) is 22.3 Å². The number of sulfonamides is 1. The lowest BCUT2D eigenvalue weighted by Gasteiger charge is -2.30. The molecule has 5 N–H and O–H groups in total. The van der Waals surface area contributed by atoms with Crippen molar-refractivity contribution in [3.8, 4) is 5.75 Å². The normalized spacial score (nSPS) is 14.5. The van der Waals surface area contributed by atoms with Gasteiger partial charge in [0.2, 0.25) is 15.9 Å². The van der Waals surface area contributed by atoms with Crippen molar-refractivity contribution in [2.45, 2.75) is 51.9 Å². The molecule has 0 radical (unpaired) electrons. The number of benzene rings is 3. The van der Waals surface area contributed by atoms with Crippen LogP contribution in [0, 0.1) is 5.41 Å². The average Bonchev–Trinajstić information content (AvgIpc) is 3.40. The fourth-order valence-corrected chi connectivity index (χ4v) is 6.96. The number of fused-ring (bicyclic) bond motifs is 1. The Morgan fingerprint density at radius 3 is 2.47 bits per heavy atom. The number of piperidine rings is 1. The van der Waals surface area contributed by atoms with Crippen LogP contribution in [0.5, 0.6) is 5.75 Å². The topological polar surface area (TPSA) is 196 Å².